The first kappa shape index (κ1) is 23.1. The molecule has 0 spiro atoms. The van der Waals surface area contributed by atoms with Gasteiger partial charge < -0.3 is 4.55 Å². The molecule has 0 N–H and O–H groups in total. The molecule has 1 heterocycles. The molecule has 1 aromatic heterocycles. The van der Waals surface area contributed by atoms with Gasteiger partial charge in [-0.2, -0.15) is 0 Å². The SMILES string of the molecule is CCCCCCCCCCCCn1cc[n+](C)c1.COS(=O)(=O)[O-]. The Hall–Kier alpha value is -0.920. The summed E-state index contributed by atoms with van der Waals surface area (Å²) in [6.07, 6.45) is 20.6. The lowest BCUT2D eigenvalue weighted by atomic mass is 10.1. The highest BCUT2D eigenvalue weighted by molar-refractivity contribution is 7.80. The molecule has 0 saturated heterocycles. The monoisotopic (exact) mass is 362 g/mol. The predicted octanol–water partition coefficient (Wildman–Crippen LogP) is 3.33. The second-order valence-corrected chi connectivity index (χ2v) is 7.22. The van der Waals surface area contributed by atoms with Crippen molar-refractivity contribution in [3.05, 3.63) is 18.7 Å². The molecule has 0 aliphatic rings. The van der Waals surface area contributed by atoms with E-state index in [4.69, 9.17) is 0 Å². The zero-order chi connectivity index (χ0) is 18.3. The number of hydrogen-bond acceptors (Lipinski definition) is 4. The molecule has 142 valence electrons. The van der Waals surface area contributed by atoms with E-state index in [-0.39, 0.29) is 0 Å². The van der Waals surface area contributed by atoms with Gasteiger partial charge in [-0.3, -0.25) is 4.18 Å². The van der Waals surface area contributed by atoms with E-state index in [1.807, 2.05) is 0 Å². The number of nitrogens with zero attached hydrogens (tertiary/aromatic N) is 2. The summed E-state index contributed by atoms with van der Waals surface area (Å²) < 4.78 is 35.4. The van der Waals surface area contributed by atoms with Crippen molar-refractivity contribution in [3.8, 4) is 0 Å². The van der Waals surface area contributed by atoms with Crippen LogP contribution >= 0.6 is 0 Å². The molecule has 0 saturated carbocycles. The largest absolute Gasteiger partial charge is 0.726 e. The number of imidazole rings is 1. The van der Waals surface area contributed by atoms with Crippen LogP contribution in [0.25, 0.3) is 0 Å². The van der Waals surface area contributed by atoms with Gasteiger partial charge in [-0.25, -0.2) is 17.6 Å². The third-order valence-corrected chi connectivity index (χ3v) is 4.21. The van der Waals surface area contributed by atoms with Crippen molar-refractivity contribution in [1.82, 2.24) is 4.57 Å². The molecule has 1 rings (SSSR count). The van der Waals surface area contributed by atoms with Gasteiger partial charge >= 0.3 is 0 Å². The Labute approximate surface area is 147 Å². The summed E-state index contributed by atoms with van der Waals surface area (Å²) in [5, 5.41) is 0. The number of unbranched alkanes of at least 4 members (excludes halogenated alkanes) is 9. The maximum Gasteiger partial charge on any atom is 0.243 e. The molecule has 0 aliphatic carbocycles. The van der Waals surface area contributed by atoms with Gasteiger partial charge in [0.1, 0.15) is 12.4 Å². The second kappa shape index (κ2) is 14.4. The van der Waals surface area contributed by atoms with E-state index < -0.39 is 10.4 Å². The summed E-state index contributed by atoms with van der Waals surface area (Å²) in [5.41, 5.74) is 0. The summed E-state index contributed by atoms with van der Waals surface area (Å²) in [4.78, 5) is 0. The lowest BCUT2D eigenvalue weighted by Gasteiger charge is -2.01. The average molecular weight is 363 g/mol. The topological polar surface area (TPSA) is 75.2 Å². The van der Waals surface area contributed by atoms with Gasteiger partial charge in [0.15, 0.2) is 0 Å². The Morgan fingerprint density at radius 2 is 1.46 bits per heavy atom. The fraction of sp³-hybridized carbons (Fsp3) is 0.824. The minimum Gasteiger partial charge on any atom is -0.726 e. The smallest absolute Gasteiger partial charge is 0.243 e. The summed E-state index contributed by atoms with van der Waals surface area (Å²) >= 11 is 0. The van der Waals surface area contributed by atoms with Gasteiger partial charge in [-0.15, -0.1) is 0 Å². The van der Waals surface area contributed by atoms with Crippen molar-refractivity contribution < 1.29 is 21.7 Å². The van der Waals surface area contributed by atoms with Crippen molar-refractivity contribution in [2.24, 2.45) is 7.05 Å². The van der Waals surface area contributed by atoms with Gasteiger partial charge in [-0.1, -0.05) is 58.3 Å². The predicted molar refractivity (Wildman–Crippen MR) is 94.2 cm³/mol. The third kappa shape index (κ3) is 16.0. The lowest BCUT2D eigenvalue weighted by molar-refractivity contribution is -0.671. The molecule has 0 radical (unpaired) electrons. The van der Waals surface area contributed by atoms with Gasteiger partial charge in [0.25, 0.3) is 0 Å². The van der Waals surface area contributed by atoms with Crippen LogP contribution in [0.4, 0.5) is 0 Å². The van der Waals surface area contributed by atoms with E-state index in [2.05, 4.69) is 46.0 Å². The second-order valence-electron chi connectivity index (χ2n) is 6.07. The van der Waals surface area contributed by atoms with Crippen molar-refractivity contribution in [3.63, 3.8) is 0 Å². The summed E-state index contributed by atoms with van der Waals surface area (Å²) in [6, 6.07) is 0. The van der Waals surface area contributed by atoms with Gasteiger partial charge in [0.05, 0.1) is 20.7 Å². The first-order valence-corrected chi connectivity index (χ1v) is 10.2. The number of hydrogen-bond donors (Lipinski definition) is 0. The number of rotatable bonds is 12. The highest BCUT2D eigenvalue weighted by atomic mass is 32.3. The molecule has 0 fully saturated rings. The van der Waals surface area contributed by atoms with Crippen molar-refractivity contribution in [2.45, 2.75) is 77.7 Å². The highest BCUT2D eigenvalue weighted by Gasteiger charge is 1.99. The standard InChI is InChI=1S/C16H31N2.CH4O4S/c1-3-4-5-6-7-8-9-10-11-12-13-18-15-14-17(2)16-18;1-5-6(2,3)4/h14-16H,3-13H2,1-2H3;1H3,(H,2,3,4)/q+1;/p-1. The maximum atomic E-state index is 9.22. The van der Waals surface area contributed by atoms with Crippen LogP contribution in [0.5, 0.6) is 0 Å². The fourth-order valence-corrected chi connectivity index (χ4v) is 2.42. The molecule has 7 heteroatoms. The van der Waals surface area contributed by atoms with Gasteiger partial charge in [0, 0.05) is 0 Å². The Balaban J connectivity index is 0.000000754. The molecule has 24 heavy (non-hydrogen) atoms. The Morgan fingerprint density at radius 1 is 1.00 bits per heavy atom. The summed E-state index contributed by atoms with van der Waals surface area (Å²) in [7, 11) is -1.53. The Kier molecular flexibility index (Phi) is 13.9. The molecular formula is C17H34N2O4S. The summed E-state index contributed by atoms with van der Waals surface area (Å²) in [5.74, 6) is 0. The van der Waals surface area contributed by atoms with E-state index in [9.17, 15) is 13.0 Å². The number of aromatic nitrogens is 2. The Bertz CT molecular complexity index is 500. The van der Waals surface area contributed by atoms with Crippen molar-refractivity contribution in [2.75, 3.05) is 7.11 Å². The van der Waals surface area contributed by atoms with E-state index in [1.54, 1.807) is 0 Å². The van der Waals surface area contributed by atoms with Crippen LogP contribution in [-0.2, 0) is 28.2 Å². The first-order chi connectivity index (χ1) is 11.4. The van der Waals surface area contributed by atoms with Gasteiger partial charge in [-0.05, 0) is 12.8 Å². The zero-order valence-electron chi connectivity index (χ0n) is 15.4. The molecule has 0 aromatic carbocycles. The van der Waals surface area contributed by atoms with Crippen molar-refractivity contribution in [1.29, 1.82) is 0 Å². The van der Waals surface area contributed by atoms with Crippen LogP contribution < -0.4 is 4.57 Å². The molecule has 0 aliphatic heterocycles. The quantitative estimate of drug-likeness (QED) is 0.247. The first-order valence-electron chi connectivity index (χ1n) is 8.91. The van der Waals surface area contributed by atoms with Crippen LogP contribution in [0.1, 0.15) is 71.1 Å². The van der Waals surface area contributed by atoms with Crippen LogP contribution in [0.2, 0.25) is 0 Å². The highest BCUT2D eigenvalue weighted by Crippen LogP contribution is 2.10. The number of aryl methyl sites for hydroxylation is 2. The summed E-state index contributed by atoms with van der Waals surface area (Å²) in [6.45, 7) is 3.46. The minimum atomic E-state index is -4.41. The van der Waals surface area contributed by atoms with Gasteiger partial charge in [0.2, 0.25) is 16.7 Å². The average Bonchev–Trinajstić information content (AvgIpc) is 2.94. The third-order valence-electron chi connectivity index (χ3n) is 3.80. The van der Waals surface area contributed by atoms with Crippen LogP contribution in [0.3, 0.4) is 0 Å². The van der Waals surface area contributed by atoms with E-state index >= 15 is 0 Å². The van der Waals surface area contributed by atoms with E-state index in [0.717, 1.165) is 7.11 Å². The molecule has 0 unspecified atom stereocenters. The maximum absolute atomic E-state index is 9.22. The molecule has 6 nitrogen and oxygen atoms in total. The van der Waals surface area contributed by atoms with E-state index in [1.165, 1.54) is 70.8 Å². The van der Waals surface area contributed by atoms with Crippen LogP contribution in [0, 0.1) is 0 Å². The van der Waals surface area contributed by atoms with Crippen molar-refractivity contribution >= 4 is 10.4 Å². The lowest BCUT2D eigenvalue weighted by Crippen LogP contribution is -2.23. The van der Waals surface area contributed by atoms with Crippen LogP contribution in [0.15, 0.2) is 18.7 Å². The van der Waals surface area contributed by atoms with E-state index in [0.29, 0.717) is 0 Å². The molecule has 0 atom stereocenters. The Morgan fingerprint density at radius 3 is 1.83 bits per heavy atom. The molecule has 1 aromatic rings. The molecule has 0 bridgehead atoms. The fourth-order valence-electron chi connectivity index (χ4n) is 2.42. The minimum absolute atomic E-state index is 0.808. The molecule has 0 amide bonds. The zero-order valence-corrected chi connectivity index (χ0v) is 16.3. The van der Waals surface area contributed by atoms with Crippen LogP contribution in [-0.4, -0.2) is 24.6 Å². The normalized spacial score (nSPS) is 11.2. The molecular weight excluding hydrogens is 328 g/mol.